The Balaban J connectivity index is 0.953. The second kappa shape index (κ2) is 12.1. The highest BCUT2D eigenvalue weighted by atomic mass is 16.5. The van der Waals surface area contributed by atoms with Crippen LogP contribution in [0.2, 0.25) is 0 Å². The molecular weight excluding hydrogens is 619 g/mol. The minimum atomic E-state index is -0.199. The summed E-state index contributed by atoms with van der Waals surface area (Å²) in [5, 5.41) is 10.7. The van der Waals surface area contributed by atoms with Gasteiger partial charge in [0.05, 0.1) is 24.3 Å². The van der Waals surface area contributed by atoms with Crippen LogP contribution >= 0.6 is 0 Å². The summed E-state index contributed by atoms with van der Waals surface area (Å²) in [5.41, 5.74) is 8.25. The molecule has 3 aromatic rings. The average Bonchev–Trinajstić information content (AvgIpc) is 3.75. The molecule has 7 aliphatic rings. The number of amidine groups is 2. The number of anilines is 2. The molecule has 8 heteroatoms. The van der Waals surface area contributed by atoms with Crippen LogP contribution in [0.3, 0.4) is 0 Å². The van der Waals surface area contributed by atoms with E-state index in [4.69, 9.17) is 14.7 Å². The maximum atomic E-state index is 6.71. The summed E-state index contributed by atoms with van der Waals surface area (Å²) in [5.74, 6) is 3.64. The maximum Gasteiger partial charge on any atom is 0.196 e. The number of ether oxygens (including phenoxy) is 1. The predicted molar refractivity (Wildman–Crippen MR) is 201 cm³/mol. The third-order valence-corrected chi connectivity index (χ3v) is 11.0. The van der Waals surface area contributed by atoms with Gasteiger partial charge in [0.2, 0.25) is 0 Å². The molecule has 7 atom stereocenters. The van der Waals surface area contributed by atoms with E-state index >= 15 is 0 Å². The summed E-state index contributed by atoms with van der Waals surface area (Å²) in [6.45, 7) is 1.80. The highest BCUT2D eigenvalue weighted by Gasteiger charge is 2.44. The van der Waals surface area contributed by atoms with E-state index in [1.807, 2.05) is 12.3 Å². The Morgan fingerprint density at radius 1 is 0.820 bits per heavy atom. The Kier molecular flexibility index (Phi) is 7.06. The fourth-order valence-corrected chi connectivity index (χ4v) is 8.29. The summed E-state index contributed by atoms with van der Waals surface area (Å²) < 4.78 is 6.71. The lowest BCUT2D eigenvalue weighted by Gasteiger charge is -2.37. The SMILES string of the molecule is C1=CC2c3c(ccc4c3OC(c3ccccc3)N4)N(C3C=CC=C(C4=NC(C5C=CNCC5)N=C(c5ccc(C6C=NC6)cc5)N4)C3)C2C=C1. The third-order valence-electron chi connectivity index (χ3n) is 11.0. The van der Waals surface area contributed by atoms with Gasteiger partial charge in [-0.15, -0.1) is 0 Å². The van der Waals surface area contributed by atoms with Gasteiger partial charge in [-0.3, -0.25) is 4.99 Å². The Hall–Kier alpha value is -5.63. The van der Waals surface area contributed by atoms with Crippen LogP contribution in [-0.2, 0) is 0 Å². The van der Waals surface area contributed by atoms with Crippen molar-refractivity contribution in [2.75, 3.05) is 23.3 Å². The molecule has 5 heterocycles. The summed E-state index contributed by atoms with van der Waals surface area (Å²) in [6, 6.07) is 24.0. The number of hydrogen-bond donors (Lipinski definition) is 3. The predicted octanol–water partition coefficient (Wildman–Crippen LogP) is 6.91. The van der Waals surface area contributed by atoms with Crippen molar-refractivity contribution in [3.05, 3.63) is 149 Å². The number of benzene rings is 3. The molecular formula is C42H39N7O. The average molecular weight is 658 g/mol. The van der Waals surface area contributed by atoms with Gasteiger partial charge in [0.15, 0.2) is 18.1 Å². The standard InChI is InChI=1S/C42H39N7O/c1-2-7-29(8-3-1)42-45-34-17-18-36-37(38(34)50-42)33-11-4-5-12-35(33)49(36)32-10-6-9-30(23-32)41-47-39(46-40(48-41)28-19-21-43-22-20-28)27-15-13-26(14-16-27)31-24-44-25-31/h1-19,21,24,28,31-33,35,40,42-43,45H,20,22-23,25H2,(H,46,47,48). The highest BCUT2D eigenvalue weighted by Crippen LogP contribution is 2.55. The first-order valence-electron chi connectivity index (χ1n) is 17.9. The minimum absolute atomic E-state index is 0.143. The molecule has 2 aliphatic carbocycles. The van der Waals surface area contributed by atoms with Crippen molar-refractivity contribution in [2.45, 2.75) is 49.2 Å². The van der Waals surface area contributed by atoms with Gasteiger partial charge < -0.3 is 25.6 Å². The zero-order valence-corrected chi connectivity index (χ0v) is 27.7. The van der Waals surface area contributed by atoms with Crippen molar-refractivity contribution in [3.63, 3.8) is 0 Å². The quantitative estimate of drug-likeness (QED) is 0.268. The van der Waals surface area contributed by atoms with Gasteiger partial charge in [-0.05, 0) is 35.9 Å². The minimum Gasteiger partial charge on any atom is -0.464 e. The lowest BCUT2D eigenvalue weighted by Crippen LogP contribution is -2.44. The van der Waals surface area contributed by atoms with E-state index in [1.165, 1.54) is 22.4 Å². The Labute approximate surface area is 292 Å². The van der Waals surface area contributed by atoms with Crippen LogP contribution in [0.15, 0.2) is 142 Å². The fourth-order valence-electron chi connectivity index (χ4n) is 8.29. The lowest BCUT2D eigenvalue weighted by atomic mass is 9.90. The number of rotatable bonds is 6. The van der Waals surface area contributed by atoms with E-state index in [1.54, 1.807) is 0 Å². The van der Waals surface area contributed by atoms with Gasteiger partial charge in [-0.25, -0.2) is 9.98 Å². The highest BCUT2D eigenvalue weighted by molar-refractivity contribution is 6.16. The van der Waals surface area contributed by atoms with E-state index in [9.17, 15) is 0 Å². The van der Waals surface area contributed by atoms with E-state index in [0.29, 0.717) is 5.92 Å². The summed E-state index contributed by atoms with van der Waals surface area (Å²) in [7, 11) is 0. The zero-order valence-electron chi connectivity index (χ0n) is 27.7. The second-order valence-corrected chi connectivity index (χ2v) is 14.0. The Bertz CT molecular complexity index is 2070. The first-order chi connectivity index (χ1) is 24.8. The molecule has 0 saturated carbocycles. The van der Waals surface area contributed by atoms with Crippen LogP contribution in [0.4, 0.5) is 11.4 Å². The second-order valence-electron chi connectivity index (χ2n) is 14.0. The molecule has 3 N–H and O–H groups in total. The number of aliphatic imine (C=N–C) groups is 3. The van der Waals surface area contributed by atoms with Crippen molar-refractivity contribution >= 4 is 29.3 Å². The molecule has 0 spiro atoms. The molecule has 0 saturated heterocycles. The molecule has 3 aromatic carbocycles. The van der Waals surface area contributed by atoms with Crippen molar-refractivity contribution in [1.29, 1.82) is 0 Å². The van der Waals surface area contributed by atoms with Gasteiger partial charge in [0, 0.05) is 59.3 Å². The van der Waals surface area contributed by atoms with E-state index < -0.39 is 0 Å². The van der Waals surface area contributed by atoms with E-state index in [2.05, 4.69) is 141 Å². The zero-order chi connectivity index (χ0) is 33.0. The largest absolute Gasteiger partial charge is 0.464 e. The lowest BCUT2D eigenvalue weighted by molar-refractivity contribution is 0.257. The first-order valence-corrected chi connectivity index (χ1v) is 17.9. The fraction of sp³-hybridized carbons (Fsp3) is 0.262. The van der Waals surface area contributed by atoms with Crippen LogP contribution in [-0.4, -0.2) is 49.2 Å². The van der Waals surface area contributed by atoms with Crippen LogP contribution in [0.5, 0.6) is 5.75 Å². The molecule has 248 valence electrons. The Morgan fingerprint density at radius 3 is 2.50 bits per heavy atom. The number of nitrogens with one attached hydrogen (secondary N) is 3. The number of allylic oxidation sites excluding steroid dienone is 4. The van der Waals surface area contributed by atoms with Crippen LogP contribution in [0.25, 0.3) is 0 Å². The van der Waals surface area contributed by atoms with Gasteiger partial charge in [0.1, 0.15) is 11.7 Å². The smallest absolute Gasteiger partial charge is 0.196 e. The summed E-state index contributed by atoms with van der Waals surface area (Å²) >= 11 is 0. The molecule has 0 bridgehead atoms. The van der Waals surface area contributed by atoms with Gasteiger partial charge in [-0.1, -0.05) is 103 Å². The topological polar surface area (TPSA) is 85.6 Å². The third kappa shape index (κ3) is 5.00. The van der Waals surface area contributed by atoms with Crippen LogP contribution in [0, 0.1) is 5.92 Å². The van der Waals surface area contributed by atoms with Gasteiger partial charge in [0.25, 0.3) is 0 Å². The Morgan fingerprint density at radius 2 is 1.68 bits per heavy atom. The molecule has 0 fully saturated rings. The molecule has 10 rings (SSSR count). The maximum absolute atomic E-state index is 6.71. The van der Waals surface area contributed by atoms with Crippen LogP contribution < -0.4 is 25.6 Å². The van der Waals surface area contributed by atoms with Crippen molar-refractivity contribution in [1.82, 2.24) is 10.6 Å². The first kappa shape index (κ1) is 29.3. The molecule has 0 amide bonds. The normalized spacial score (nSPS) is 29.6. The molecule has 7 unspecified atom stereocenters. The van der Waals surface area contributed by atoms with Crippen molar-refractivity contribution in [3.8, 4) is 5.75 Å². The molecule has 5 aliphatic heterocycles. The summed E-state index contributed by atoms with van der Waals surface area (Å²) in [4.78, 5) is 17.4. The number of nitrogens with zero attached hydrogens (tertiary/aromatic N) is 4. The van der Waals surface area contributed by atoms with Crippen LogP contribution in [0.1, 0.15) is 53.2 Å². The summed E-state index contributed by atoms with van der Waals surface area (Å²) in [6.07, 6.45) is 23.6. The number of hydrogen-bond acceptors (Lipinski definition) is 8. The monoisotopic (exact) mass is 657 g/mol. The molecule has 0 radical (unpaired) electrons. The molecule has 8 nitrogen and oxygen atoms in total. The van der Waals surface area contributed by atoms with Gasteiger partial charge >= 0.3 is 0 Å². The van der Waals surface area contributed by atoms with E-state index in [0.717, 1.165) is 60.2 Å². The molecule has 50 heavy (non-hydrogen) atoms. The van der Waals surface area contributed by atoms with E-state index in [-0.39, 0.29) is 36.3 Å². The molecule has 0 aromatic heterocycles. The van der Waals surface area contributed by atoms with Gasteiger partial charge in [-0.2, -0.15) is 0 Å². The van der Waals surface area contributed by atoms with Crippen molar-refractivity contribution < 1.29 is 4.74 Å². The number of fused-ring (bicyclic) bond motifs is 5. The van der Waals surface area contributed by atoms with Crippen molar-refractivity contribution in [2.24, 2.45) is 20.9 Å².